The minimum atomic E-state index is 1.02. The third-order valence-electron chi connectivity index (χ3n) is 3.33. The third-order valence-corrected chi connectivity index (χ3v) is 3.33. The fourth-order valence-corrected chi connectivity index (χ4v) is 2.34. The molecule has 1 aliphatic heterocycles. The van der Waals surface area contributed by atoms with Gasteiger partial charge in [0.05, 0.1) is 0 Å². The van der Waals surface area contributed by atoms with E-state index in [4.69, 9.17) is 0 Å². The van der Waals surface area contributed by atoms with Crippen LogP contribution in [-0.2, 0) is 13.1 Å². The van der Waals surface area contributed by atoms with Crippen LogP contribution in [0.3, 0.4) is 0 Å². The first-order chi connectivity index (χ1) is 8.36. The highest BCUT2D eigenvalue weighted by Crippen LogP contribution is 2.28. The highest BCUT2D eigenvalue weighted by molar-refractivity contribution is 5.57. The van der Waals surface area contributed by atoms with Crippen LogP contribution in [-0.4, -0.2) is 0 Å². The molecule has 1 aliphatic rings. The predicted molar refractivity (Wildman–Crippen MR) is 72.9 cm³/mol. The largest absolute Gasteiger partial charge is 0.363 e. The molecule has 2 aromatic carbocycles. The van der Waals surface area contributed by atoms with E-state index >= 15 is 0 Å². The van der Waals surface area contributed by atoms with Gasteiger partial charge in [0, 0.05) is 18.8 Å². The summed E-state index contributed by atoms with van der Waals surface area (Å²) in [5.41, 5.74) is 5.35. The molecular formula is C16H15N. The van der Waals surface area contributed by atoms with Gasteiger partial charge in [0.2, 0.25) is 0 Å². The number of anilines is 1. The Morgan fingerprint density at radius 1 is 0.882 bits per heavy atom. The Balaban J connectivity index is 1.86. The maximum absolute atomic E-state index is 3.78. The number of nitrogens with zero attached hydrogens (tertiary/aromatic N) is 1. The lowest BCUT2D eigenvalue weighted by atomic mass is 10.1. The molecule has 0 N–H and O–H groups in total. The van der Waals surface area contributed by atoms with Gasteiger partial charge < -0.3 is 4.90 Å². The molecule has 0 amide bonds. The van der Waals surface area contributed by atoms with Crippen molar-refractivity contribution < 1.29 is 0 Å². The summed E-state index contributed by atoms with van der Waals surface area (Å²) in [5.74, 6) is 0. The first-order valence-corrected chi connectivity index (χ1v) is 5.91. The van der Waals surface area contributed by atoms with Crippen molar-refractivity contribution in [3.8, 4) is 0 Å². The molecule has 3 rings (SSSR count). The van der Waals surface area contributed by atoms with Crippen molar-refractivity contribution in [2.45, 2.75) is 13.1 Å². The summed E-state index contributed by atoms with van der Waals surface area (Å²) in [6.07, 6.45) is 1.88. The van der Waals surface area contributed by atoms with E-state index in [1.807, 2.05) is 6.08 Å². The summed E-state index contributed by atoms with van der Waals surface area (Å²) in [6, 6.07) is 17.2. The van der Waals surface area contributed by atoms with Gasteiger partial charge in [-0.1, -0.05) is 49.1 Å². The molecule has 17 heavy (non-hydrogen) atoms. The first kappa shape index (κ1) is 10.2. The second kappa shape index (κ2) is 4.10. The molecule has 1 heterocycles. The smallest absolute Gasteiger partial charge is 0.0436 e. The van der Waals surface area contributed by atoms with Crippen LogP contribution in [0.2, 0.25) is 0 Å². The summed E-state index contributed by atoms with van der Waals surface area (Å²) < 4.78 is 0. The van der Waals surface area contributed by atoms with Crippen molar-refractivity contribution in [1.29, 1.82) is 0 Å². The van der Waals surface area contributed by atoms with Gasteiger partial charge in [0.1, 0.15) is 0 Å². The molecule has 0 saturated heterocycles. The molecule has 0 aliphatic carbocycles. The number of hydrogen-bond acceptors (Lipinski definition) is 1. The second-order valence-electron chi connectivity index (χ2n) is 4.42. The van der Waals surface area contributed by atoms with Crippen molar-refractivity contribution in [2.24, 2.45) is 0 Å². The van der Waals surface area contributed by atoms with E-state index < -0.39 is 0 Å². The molecule has 0 bridgehead atoms. The maximum Gasteiger partial charge on any atom is 0.0436 e. The topological polar surface area (TPSA) is 3.24 Å². The fourth-order valence-electron chi connectivity index (χ4n) is 2.34. The summed E-state index contributed by atoms with van der Waals surface area (Å²) in [5, 5.41) is 0. The predicted octanol–water partition coefficient (Wildman–Crippen LogP) is 3.85. The van der Waals surface area contributed by atoms with Crippen molar-refractivity contribution in [3.63, 3.8) is 0 Å². The van der Waals surface area contributed by atoms with E-state index in [1.165, 1.54) is 22.4 Å². The van der Waals surface area contributed by atoms with E-state index in [-0.39, 0.29) is 0 Å². The summed E-state index contributed by atoms with van der Waals surface area (Å²) in [7, 11) is 0. The zero-order valence-electron chi connectivity index (χ0n) is 9.76. The molecule has 0 aromatic heterocycles. The van der Waals surface area contributed by atoms with Crippen molar-refractivity contribution >= 4 is 11.8 Å². The lowest BCUT2D eigenvalue weighted by molar-refractivity contribution is 0.880. The van der Waals surface area contributed by atoms with Gasteiger partial charge in [-0.05, 0) is 28.8 Å². The Morgan fingerprint density at radius 3 is 2.00 bits per heavy atom. The molecule has 0 atom stereocenters. The van der Waals surface area contributed by atoms with Crippen molar-refractivity contribution in [3.05, 3.63) is 71.8 Å². The van der Waals surface area contributed by atoms with Gasteiger partial charge in [-0.15, -0.1) is 0 Å². The molecule has 0 unspecified atom stereocenters. The van der Waals surface area contributed by atoms with E-state index in [2.05, 4.69) is 60.0 Å². The lowest BCUT2D eigenvalue weighted by Gasteiger charge is -2.17. The monoisotopic (exact) mass is 221 g/mol. The van der Waals surface area contributed by atoms with Crippen LogP contribution in [0.25, 0.3) is 6.08 Å². The Hall–Kier alpha value is -2.02. The minimum Gasteiger partial charge on any atom is -0.363 e. The number of benzene rings is 2. The SMILES string of the molecule is C=Cc1ccc(N2Cc3ccccc3C2)cc1. The van der Waals surface area contributed by atoms with Gasteiger partial charge in [0.25, 0.3) is 0 Å². The maximum atomic E-state index is 3.78. The quantitative estimate of drug-likeness (QED) is 0.744. The molecule has 0 radical (unpaired) electrons. The molecule has 0 saturated carbocycles. The number of hydrogen-bond donors (Lipinski definition) is 0. The average Bonchev–Trinajstić information content (AvgIpc) is 2.82. The van der Waals surface area contributed by atoms with E-state index in [0.717, 1.165) is 13.1 Å². The Kier molecular flexibility index (Phi) is 2.45. The van der Waals surface area contributed by atoms with Gasteiger partial charge in [-0.25, -0.2) is 0 Å². The van der Waals surface area contributed by atoms with E-state index in [0.29, 0.717) is 0 Å². The summed E-state index contributed by atoms with van der Waals surface area (Å²) in [6.45, 7) is 5.81. The highest BCUT2D eigenvalue weighted by Gasteiger charge is 2.17. The molecule has 2 aromatic rings. The summed E-state index contributed by atoms with van der Waals surface area (Å²) >= 11 is 0. The van der Waals surface area contributed by atoms with Crippen LogP contribution in [0, 0.1) is 0 Å². The minimum absolute atomic E-state index is 1.02. The standard InChI is InChI=1S/C16H15N/c1-2-13-7-9-16(10-8-13)17-11-14-5-3-4-6-15(14)12-17/h2-10H,1,11-12H2. The van der Waals surface area contributed by atoms with Gasteiger partial charge in [-0.2, -0.15) is 0 Å². The zero-order chi connectivity index (χ0) is 11.7. The van der Waals surface area contributed by atoms with Crippen LogP contribution in [0.1, 0.15) is 16.7 Å². The molecule has 1 nitrogen and oxygen atoms in total. The van der Waals surface area contributed by atoms with Crippen molar-refractivity contribution in [2.75, 3.05) is 4.90 Å². The van der Waals surface area contributed by atoms with Crippen LogP contribution in [0.5, 0.6) is 0 Å². The van der Waals surface area contributed by atoms with Gasteiger partial charge in [0.15, 0.2) is 0 Å². The second-order valence-corrected chi connectivity index (χ2v) is 4.42. The average molecular weight is 221 g/mol. The lowest BCUT2D eigenvalue weighted by Crippen LogP contribution is -2.14. The summed E-state index contributed by atoms with van der Waals surface area (Å²) in [4.78, 5) is 2.40. The number of rotatable bonds is 2. The molecule has 0 spiro atoms. The fraction of sp³-hybridized carbons (Fsp3) is 0.125. The zero-order valence-corrected chi connectivity index (χ0v) is 9.76. The molecular weight excluding hydrogens is 206 g/mol. The third kappa shape index (κ3) is 1.84. The Labute approximate surface area is 102 Å². The van der Waals surface area contributed by atoms with E-state index in [9.17, 15) is 0 Å². The first-order valence-electron chi connectivity index (χ1n) is 5.91. The highest BCUT2D eigenvalue weighted by atomic mass is 15.1. The van der Waals surface area contributed by atoms with Crippen LogP contribution in [0.4, 0.5) is 5.69 Å². The Morgan fingerprint density at radius 2 is 1.47 bits per heavy atom. The van der Waals surface area contributed by atoms with Crippen LogP contribution < -0.4 is 4.90 Å². The molecule has 1 heteroatoms. The molecule has 0 fully saturated rings. The Bertz CT molecular complexity index is 515. The number of fused-ring (bicyclic) bond motifs is 1. The van der Waals surface area contributed by atoms with Crippen LogP contribution in [0.15, 0.2) is 55.1 Å². The van der Waals surface area contributed by atoms with E-state index in [1.54, 1.807) is 0 Å². The normalized spacial score (nSPS) is 13.5. The van der Waals surface area contributed by atoms with Gasteiger partial charge >= 0.3 is 0 Å². The van der Waals surface area contributed by atoms with Crippen LogP contribution >= 0.6 is 0 Å². The van der Waals surface area contributed by atoms with Crippen molar-refractivity contribution in [1.82, 2.24) is 0 Å². The van der Waals surface area contributed by atoms with Gasteiger partial charge in [-0.3, -0.25) is 0 Å². The molecule has 84 valence electrons.